The summed E-state index contributed by atoms with van der Waals surface area (Å²) in [6, 6.07) is 9.81. The van der Waals surface area contributed by atoms with Crippen LogP contribution in [0, 0.1) is 5.92 Å². The van der Waals surface area contributed by atoms with E-state index in [1.165, 1.54) is 0 Å². The molecule has 3 N–H and O–H groups in total. The highest BCUT2D eigenvalue weighted by atomic mass is 32.1. The van der Waals surface area contributed by atoms with Crippen molar-refractivity contribution in [1.82, 2.24) is 10.2 Å². The summed E-state index contributed by atoms with van der Waals surface area (Å²) in [5.74, 6) is -0.530. The lowest BCUT2D eigenvalue weighted by atomic mass is 9.98. The predicted molar refractivity (Wildman–Crippen MR) is 91.2 cm³/mol. The van der Waals surface area contributed by atoms with Crippen LogP contribution >= 0.6 is 12.2 Å². The number of nitrogens with one attached hydrogen (secondary N) is 1. The van der Waals surface area contributed by atoms with Crippen LogP contribution in [-0.4, -0.2) is 42.0 Å². The van der Waals surface area contributed by atoms with Crippen molar-refractivity contribution in [3.63, 3.8) is 0 Å². The van der Waals surface area contributed by atoms with Crippen molar-refractivity contribution in [2.45, 2.75) is 20.3 Å². The lowest BCUT2D eigenvalue weighted by Gasteiger charge is -2.20. The first kappa shape index (κ1) is 17.6. The van der Waals surface area contributed by atoms with Gasteiger partial charge in [0.15, 0.2) is 0 Å². The molecule has 0 fully saturated rings. The number of nitrogens with two attached hydrogens (primary N) is 1. The van der Waals surface area contributed by atoms with Crippen LogP contribution in [0.5, 0.6) is 0 Å². The Hall–Kier alpha value is -1.46. The summed E-state index contributed by atoms with van der Waals surface area (Å²) in [5.41, 5.74) is 6.79. The lowest BCUT2D eigenvalue weighted by Crippen LogP contribution is -2.42. The number of benzene rings is 1. The molecule has 0 aromatic heterocycles. The summed E-state index contributed by atoms with van der Waals surface area (Å²) in [5, 5.41) is 2.94. The molecule has 1 aromatic rings. The first-order valence-corrected chi connectivity index (χ1v) is 7.82. The smallest absolute Gasteiger partial charge is 0.230 e. The normalized spacial score (nSPS) is 12.1. The number of hydrogen-bond donors (Lipinski definition) is 2. The largest absolute Gasteiger partial charge is 0.393 e. The van der Waals surface area contributed by atoms with Crippen LogP contribution in [0.15, 0.2) is 30.3 Å². The van der Waals surface area contributed by atoms with E-state index in [0.29, 0.717) is 13.0 Å². The molecular formula is C16H25N3OS. The number of carbonyl (C=O) groups is 1. The minimum absolute atomic E-state index is 0.0847. The number of likely N-dealkylation sites (N-methyl/N-ethyl adjacent to an activating group) is 1. The number of nitrogens with zero attached hydrogens (tertiary/aromatic N) is 1. The molecule has 21 heavy (non-hydrogen) atoms. The summed E-state index contributed by atoms with van der Waals surface area (Å²) in [6.45, 7) is 7.64. The zero-order chi connectivity index (χ0) is 15.7. The second-order valence-corrected chi connectivity index (χ2v) is 5.43. The third-order valence-corrected chi connectivity index (χ3v) is 3.85. The molecule has 116 valence electrons. The van der Waals surface area contributed by atoms with E-state index in [9.17, 15) is 4.79 Å². The zero-order valence-electron chi connectivity index (χ0n) is 12.8. The number of thiocarbonyl (C=S) groups is 1. The fraction of sp³-hybridized carbons (Fsp3) is 0.500. The van der Waals surface area contributed by atoms with Gasteiger partial charge in [-0.15, -0.1) is 0 Å². The van der Waals surface area contributed by atoms with Gasteiger partial charge >= 0.3 is 0 Å². The highest BCUT2D eigenvalue weighted by Crippen LogP contribution is 2.09. The molecule has 0 aliphatic carbocycles. The highest BCUT2D eigenvalue weighted by Gasteiger charge is 2.21. The van der Waals surface area contributed by atoms with Crippen molar-refractivity contribution in [3.8, 4) is 0 Å². The lowest BCUT2D eigenvalue weighted by molar-refractivity contribution is -0.123. The number of amides is 1. The van der Waals surface area contributed by atoms with E-state index in [2.05, 4.69) is 24.1 Å². The third-order valence-electron chi connectivity index (χ3n) is 3.56. The van der Waals surface area contributed by atoms with Gasteiger partial charge in [0.25, 0.3) is 0 Å². The Kier molecular flexibility index (Phi) is 7.93. The Morgan fingerprint density at radius 3 is 2.43 bits per heavy atom. The zero-order valence-corrected chi connectivity index (χ0v) is 13.7. The van der Waals surface area contributed by atoms with Crippen molar-refractivity contribution in [2.75, 3.05) is 26.2 Å². The summed E-state index contributed by atoms with van der Waals surface area (Å²) in [6.07, 6.45) is 0.549. The van der Waals surface area contributed by atoms with E-state index in [1.807, 2.05) is 30.3 Å². The maximum absolute atomic E-state index is 12.3. The van der Waals surface area contributed by atoms with Crippen LogP contribution < -0.4 is 11.1 Å². The second-order valence-electron chi connectivity index (χ2n) is 4.96. The van der Waals surface area contributed by atoms with Crippen LogP contribution in [0.3, 0.4) is 0 Å². The van der Waals surface area contributed by atoms with Crippen LogP contribution in [0.4, 0.5) is 0 Å². The molecule has 0 aliphatic heterocycles. The van der Waals surface area contributed by atoms with Gasteiger partial charge in [0.05, 0.1) is 10.9 Å². The molecule has 0 radical (unpaired) electrons. The van der Waals surface area contributed by atoms with Gasteiger partial charge in [0.2, 0.25) is 5.91 Å². The molecule has 1 atom stereocenters. The van der Waals surface area contributed by atoms with E-state index in [0.717, 1.165) is 25.2 Å². The van der Waals surface area contributed by atoms with Crippen LogP contribution in [-0.2, 0) is 11.2 Å². The Bertz CT molecular complexity index is 446. The molecule has 0 saturated heterocycles. The Morgan fingerprint density at radius 1 is 1.29 bits per heavy atom. The summed E-state index contributed by atoms with van der Waals surface area (Å²) in [7, 11) is 0. The minimum Gasteiger partial charge on any atom is -0.393 e. The van der Waals surface area contributed by atoms with Gasteiger partial charge in [-0.25, -0.2) is 0 Å². The Morgan fingerprint density at radius 2 is 1.90 bits per heavy atom. The predicted octanol–water partition coefficient (Wildman–Crippen LogP) is 1.59. The summed E-state index contributed by atoms with van der Waals surface area (Å²) < 4.78 is 0. The molecule has 4 nitrogen and oxygen atoms in total. The number of hydrogen-bond acceptors (Lipinski definition) is 3. The first-order valence-electron chi connectivity index (χ1n) is 7.41. The van der Waals surface area contributed by atoms with Gasteiger partial charge in [-0.2, -0.15) is 0 Å². The van der Waals surface area contributed by atoms with Crippen molar-refractivity contribution >= 4 is 23.1 Å². The van der Waals surface area contributed by atoms with Crippen LogP contribution in [0.25, 0.3) is 0 Å². The fourth-order valence-electron chi connectivity index (χ4n) is 2.17. The van der Waals surface area contributed by atoms with Gasteiger partial charge in [0, 0.05) is 13.1 Å². The molecule has 0 heterocycles. The SMILES string of the molecule is CCN(CC)CCNC(=O)C(Cc1ccccc1)C(N)=S. The fourth-order valence-corrected chi connectivity index (χ4v) is 2.36. The van der Waals surface area contributed by atoms with E-state index < -0.39 is 5.92 Å². The van der Waals surface area contributed by atoms with Crippen molar-refractivity contribution in [1.29, 1.82) is 0 Å². The number of rotatable bonds is 9. The van der Waals surface area contributed by atoms with E-state index >= 15 is 0 Å². The van der Waals surface area contributed by atoms with E-state index in [-0.39, 0.29) is 10.9 Å². The molecule has 1 aromatic carbocycles. The van der Waals surface area contributed by atoms with Gasteiger partial charge in [-0.1, -0.05) is 56.4 Å². The van der Waals surface area contributed by atoms with Crippen molar-refractivity contribution in [3.05, 3.63) is 35.9 Å². The molecule has 5 heteroatoms. The maximum atomic E-state index is 12.3. The average molecular weight is 307 g/mol. The Labute approximate surface area is 132 Å². The molecule has 0 aliphatic rings. The average Bonchev–Trinajstić information content (AvgIpc) is 2.49. The van der Waals surface area contributed by atoms with E-state index in [1.54, 1.807) is 0 Å². The summed E-state index contributed by atoms with van der Waals surface area (Å²) in [4.78, 5) is 14.8. The molecule has 0 bridgehead atoms. The molecule has 1 unspecified atom stereocenters. The highest BCUT2D eigenvalue weighted by molar-refractivity contribution is 7.80. The van der Waals surface area contributed by atoms with Gasteiger partial charge in [-0.05, 0) is 25.1 Å². The van der Waals surface area contributed by atoms with Crippen molar-refractivity contribution in [2.24, 2.45) is 11.7 Å². The van der Waals surface area contributed by atoms with Gasteiger partial charge in [0.1, 0.15) is 0 Å². The monoisotopic (exact) mass is 307 g/mol. The molecular weight excluding hydrogens is 282 g/mol. The molecule has 0 spiro atoms. The van der Waals surface area contributed by atoms with Gasteiger partial charge in [-0.3, -0.25) is 4.79 Å². The van der Waals surface area contributed by atoms with Crippen molar-refractivity contribution < 1.29 is 4.79 Å². The first-order chi connectivity index (χ1) is 10.1. The van der Waals surface area contributed by atoms with E-state index in [4.69, 9.17) is 18.0 Å². The minimum atomic E-state index is -0.445. The third kappa shape index (κ3) is 6.23. The summed E-state index contributed by atoms with van der Waals surface area (Å²) >= 11 is 5.05. The Balaban J connectivity index is 2.52. The molecule has 1 amide bonds. The van der Waals surface area contributed by atoms with Crippen LogP contribution in [0.1, 0.15) is 19.4 Å². The molecule has 0 saturated carbocycles. The van der Waals surface area contributed by atoms with Crippen LogP contribution in [0.2, 0.25) is 0 Å². The maximum Gasteiger partial charge on any atom is 0.230 e. The molecule has 1 rings (SSSR count). The second kappa shape index (κ2) is 9.47. The quantitative estimate of drug-likeness (QED) is 0.680. The standard InChI is InChI=1S/C16H25N3OS/c1-3-19(4-2)11-10-18-16(20)14(15(17)21)12-13-8-6-5-7-9-13/h5-9,14H,3-4,10-12H2,1-2H3,(H2,17,21)(H,18,20). The number of carbonyl (C=O) groups excluding carboxylic acids is 1. The van der Waals surface area contributed by atoms with Gasteiger partial charge < -0.3 is 16.0 Å². The topological polar surface area (TPSA) is 58.4 Å².